The lowest BCUT2D eigenvalue weighted by molar-refractivity contribution is -0.205. The van der Waals surface area contributed by atoms with Crippen LogP contribution in [-0.2, 0) is 19.4 Å². The molecule has 1 rings (SSSR count). The molecule has 0 radical (unpaired) electrons. The summed E-state index contributed by atoms with van der Waals surface area (Å²) in [4.78, 5) is 0. The molecule has 0 saturated carbocycles. The minimum atomic E-state index is -5.14. The third-order valence-corrected chi connectivity index (χ3v) is 4.57. The lowest BCUT2D eigenvalue weighted by atomic mass is 10.0. The molecule has 0 aromatic heterocycles. The van der Waals surface area contributed by atoms with Crippen molar-refractivity contribution in [3.8, 4) is 0 Å². The van der Waals surface area contributed by atoms with E-state index >= 15 is 0 Å². The minimum absolute atomic E-state index is 0.123. The zero-order valence-electron chi connectivity index (χ0n) is 12.9. The molecule has 13 heteroatoms. The van der Waals surface area contributed by atoms with Gasteiger partial charge in [0.25, 0.3) is 10.4 Å². The Labute approximate surface area is 148 Å². The summed E-state index contributed by atoms with van der Waals surface area (Å²) in [5.41, 5.74) is -1.27. The van der Waals surface area contributed by atoms with E-state index in [-0.39, 0.29) is 17.9 Å². The van der Waals surface area contributed by atoms with Gasteiger partial charge in [0.1, 0.15) is 34.9 Å². The second-order valence-electron chi connectivity index (χ2n) is 5.17. The first kappa shape index (κ1) is 22.3. The van der Waals surface area contributed by atoms with Crippen molar-refractivity contribution in [3.63, 3.8) is 0 Å². The van der Waals surface area contributed by atoms with Crippen LogP contribution in [0.1, 0.15) is 12.8 Å². The highest BCUT2D eigenvalue weighted by Crippen LogP contribution is 2.30. The average molecular weight is 402 g/mol. The molecule has 0 amide bonds. The van der Waals surface area contributed by atoms with E-state index in [4.69, 9.17) is 9.84 Å². The highest BCUT2D eigenvalue weighted by atomic mass is 32.3. The molecule has 0 aromatic rings. The Kier molecular flexibility index (Phi) is 8.73. The van der Waals surface area contributed by atoms with Gasteiger partial charge in [0, 0.05) is 6.42 Å². The van der Waals surface area contributed by atoms with Gasteiger partial charge >= 0.3 is 0 Å². The van der Waals surface area contributed by atoms with Crippen LogP contribution in [0.25, 0.3) is 0 Å². The summed E-state index contributed by atoms with van der Waals surface area (Å²) in [6, 6.07) is 0. The maximum atomic E-state index is 10.5. The van der Waals surface area contributed by atoms with Crippen LogP contribution in [0.5, 0.6) is 0 Å². The van der Waals surface area contributed by atoms with E-state index in [2.05, 4.69) is 16.0 Å². The number of nitrogens with zero attached hydrogens (tertiary/aromatic N) is 1. The summed E-state index contributed by atoms with van der Waals surface area (Å²) >= 11 is 0.566. The predicted molar refractivity (Wildman–Crippen MR) is 85.0 cm³/mol. The zero-order valence-corrected chi connectivity index (χ0v) is 14.5. The normalized spacial score (nSPS) is 32.2. The number of ether oxygens (including phenoxy) is 1. The highest BCUT2D eigenvalue weighted by Gasteiger charge is 2.44. The number of oxime groups is 1. The molecule has 146 valence electrons. The molecular formula is C12H20NO10S2-. The lowest BCUT2D eigenvalue weighted by Gasteiger charge is -2.39. The molecule has 5 N–H and O–H groups in total. The van der Waals surface area contributed by atoms with Crippen LogP contribution in [0.4, 0.5) is 0 Å². The molecule has 1 saturated heterocycles. The molecule has 1 aliphatic heterocycles. The fraction of sp³-hybridized carbons (Fsp3) is 0.750. The molecule has 1 fully saturated rings. The van der Waals surface area contributed by atoms with Gasteiger partial charge in [-0.3, -0.25) is 4.28 Å². The van der Waals surface area contributed by atoms with Gasteiger partial charge in [0.05, 0.1) is 12.7 Å². The van der Waals surface area contributed by atoms with Gasteiger partial charge in [0.15, 0.2) is 0 Å². The topological polar surface area (TPSA) is 189 Å². The van der Waals surface area contributed by atoms with Crippen LogP contribution in [0.15, 0.2) is 17.8 Å². The molecule has 6 atom stereocenters. The van der Waals surface area contributed by atoms with Gasteiger partial charge in [-0.1, -0.05) is 23.0 Å². The van der Waals surface area contributed by atoms with E-state index in [1.807, 2.05) is 0 Å². The second-order valence-corrected chi connectivity index (χ2v) is 7.30. The first-order valence-corrected chi connectivity index (χ1v) is 9.27. The summed E-state index contributed by atoms with van der Waals surface area (Å²) in [6.07, 6.45) is -5.79. The van der Waals surface area contributed by atoms with Gasteiger partial charge in [-0.15, -0.1) is 6.58 Å². The zero-order chi connectivity index (χ0) is 19.2. The smallest absolute Gasteiger partial charge is 0.284 e. The van der Waals surface area contributed by atoms with Gasteiger partial charge in [-0.2, -0.15) is 8.42 Å². The van der Waals surface area contributed by atoms with Crippen molar-refractivity contribution in [2.75, 3.05) is 6.61 Å². The molecule has 25 heavy (non-hydrogen) atoms. The maximum Gasteiger partial charge on any atom is 0.284 e. The molecule has 0 bridgehead atoms. The summed E-state index contributed by atoms with van der Waals surface area (Å²) in [7, 11) is -5.14. The number of hydrogen-bond acceptors (Lipinski definition) is 12. The fourth-order valence-electron chi connectivity index (χ4n) is 1.97. The maximum absolute atomic E-state index is 10.5. The van der Waals surface area contributed by atoms with Crippen molar-refractivity contribution in [2.24, 2.45) is 5.16 Å². The van der Waals surface area contributed by atoms with E-state index in [1.54, 1.807) is 0 Å². The van der Waals surface area contributed by atoms with Crippen molar-refractivity contribution in [3.05, 3.63) is 12.7 Å². The number of aliphatic hydroxyl groups is 5. The van der Waals surface area contributed by atoms with Crippen molar-refractivity contribution < 1.29 is 47.5 Å². The summed E-state index contributed by atoms with van der Waals surface area (Å²) in [5, 5.41) is 51.2. The predicted octanol–water partition coefficient (Wildman–Crippen LogP) is -2.36. The third-order valence-electron chi connectivity index (χ3n) is 3.18. The van der Waals surface area contributed by atoms with Crippen LogP contribution < -0.4 is 0 Å². The Hall–Kier alpha value is -0.770. The van der Waals surface area contributed by atoms with E-state index < -0.39 is 53.0 Å². The van der Waals surface area contributed by atoms with Crippen LogP contribution in [-0.4, -0.2) is 86.1 Å². The monoisotopic (exact) mass is 402 g/mol. The Balaban J connectivity index is 2.92. The Morgan fingerprint density at radius 3 is 2.52 bits per heavy atom. The van der Waals surface area contributed by atoms with E-state index in [0.29, 0.717) is 11.8 Å². The van der Waals surface area contributed by atoms with E-state index in [0.717, 1.165) is 0 Å². The second kappa shape index (κ2) is 9.80. The van der Waals surface area contributed by atoms with Crippen LogP contribution in [0.2, 0.25) is 0 Å². The van der Waals surface area contributed by atoms with Crippen molar-refractivity contribution in [1.82, 2.24) is 0 Å². The number of rotatable bonds is 8. The van der Waals surface area contributed by atoms with Crippen LogP contribution in [0.3, 0.4) is 0 Å². The summed E-state index contributed by atoms with van der Waals surface area (Å²) in [5.74, 6) is 0. The lowest BCUT2D eigenvalue weighted by Crippen LogP contribution is -2.57. The number of hydrogen-bond donors (Lipinski definition) is 5. The quantitative estimate of drug-likeness (QED) is 0.0729. The minimum Gasteiger partial charge on any atom is -0.714 e. The fourth-order valence-corrected chi connectivity index (χ4v) is 3.33. The molecule has 0 aromatic carbocycles. The van der Waals surface area contributed by atoms with Crippen molar-refractivity contribution in [1.29, 1.82) is 0 Å². The number of aliphatic hydroxyl groups excluding tert-OH is 5. The molecule has 0 spiro atoms. The molecule has 0 aliphatic carbocycles. The SMILES string of the molecule is C=CCC(O)C/C(=N\OS(=O)(=O)[O-])S[C@@H]1O[C@H](CO)[C@@H](O)[C@H](O)[C@H]1O. The van der Waals surface area contributed by atoms with Crippen LogP contribution >= 0.6 is 11.8 Å². The number of thioether (sulfide) groups is 1. The van der Waals surface area contributed by atoms with Crippen LogP contribution in [0, 0.1) is 0 Å². The average Bonchev–Trinajstić information content (AvgIpc) is 2.52. The largest absolute Gasteiger partial charge is 0.714 e. The van der Waals surface area contributed by atoms with E-state index in [1.165, 1.54) is 6.08 Å². The Morgan fingerprint density at radius 2 is 2.00 bits per heavy atom. The van der Waals surface area contributed by atoms with Gasteiger partial charge in [0.2, 0.25) is 0 Å². The Morgan fingerprint density at radius 1 is 1.36 bits per heavy atom. The molecule has 11 nitrogen and oxygen atoms in total. The van der Waals surface area contributed by atoms with E-state index in [9.17, 15) is 33.4 Å². The Bertz CT molecular complexity index is 566. The molecule has 1 unspecified atom stereocenters. The van der Waals surface area contributed by atoms with Gasteiger partial charge < -0.3 is 34.8 Å². The standard InChI is InChI=1S/C12H21NO10S2/c1-2-3-6(15)4-8(13-23-25(19,20)21)24-12-11(18)10(17)9(16)7(5-14)22-12/h2,6-7,9-12,14-18H,1,3-5H2,(H,19,20,21)/p-1/b13-8+/t6?,7-,9-,10+,11-,12+/m1/s1. The van der Waals surface area contributed by atoms with Gasteiger partial charge in [-0.05, 0) is 6.42 Å². The molecule has 1 heterocycles. The third kappa shape index (κ3) is 7.16. The molecular weight excluding hydrogens is 382 g/mol. The highest BCUT2D eigenvalue weighted by molar-refractivity contribution is 8.14. The summed E-state index contributed by atoms with van der Waals surface area (Å²) in [6.45, 7) is 2.77. The first-order valence-electron chi connectivity index (χ1n) is 7.06. The molecule has 1 aliphatic rings. The summed E-state index contributed by atoms with van der Waals surface area (Å²) < 4.78 is 40.6. The van der Waals surface area contributed by atoms with Crippen molar-refractivity contribution in [2.45, 2.75) is 48.8 Å². The van der Waals surface area contributed by atoms with Gasteiger partial charge in [-0.25, -0.2) is 0 Å². The first-order chi connectivity index (χ1) is 11.6. The van der Waals surface area contributed by atoms with Crippen molar-refractivity contribution >= 4 is 27.2 Å².